The summed E-state index contributed by atoms with van der Waals surface area (Å²) in [5.74, 6) is 3.11. The number of hydrogen-bond donors (Lipinski definition) is 2. The van der Waals surface area contributed by atoms with E-state index in [0.29, 0.717) is 19.8 Å². The molecule has 2 N–H and O–H groups in total. The molecule has 2 aromatic rings. The molecule has 0 saturated heterocycles. The first-order valence-corrected chi connectivity index (χ1v) is 11.3. The van der Waals surface area contributed by atoms with Crippen molar-refractivity contribution in [3.63, 3.8) is 0 Å². The topological polar surface area (TPSA) is 81.9 Å². The monoisotopic (exact) mass is 427 g/mol. The summed E-state index contributed by atoms with van der Waals surface area (Å²) in [6, 6.07) is 5.91. The zero-order valence-corrected chi connectivity index (χ0v) is 18.3. The van der Waals surface area contributed by atoms with Gasteiger partial charge in [0, 0.05) is 57.7 Å². The van der Waals surface area contributed by atoms with Crippen LogP contribution in [0.2, 0.25) is 0 Å². The van der Waals surface area contributed by atoms with Crippen molar-refractivity contribution in [2.75, 3.05) is 44.8 Å². The first kappa shape index (κ1) is 21.5. The quantitative estimate of drug-likeness (QED) is 0.345. The van der Waals surface area contributed by atoms with Crippen LogP contribution in [-0.2, 0) is 18.2 Å². The first-order valence-electron chi connectivity index (χ1n) is 11.3. The van der Waals surface area contributed by atoms with Crippen molar-refractivity contribution in [3.05, 3.63) is 36.2 Å². The summed E-state index contributed by atoms with van der Waals surface area (Å²) in [6.45, 7) is 4.48. The van der Waals surface area contributed by atoms with Gasteiger partial charge in [0.15, 0.2) is 17.5 Å². The van der Waals surface area contributed by atoms with Gasteiger partial charge in [0.05, 0.1) is 19.4 Å². The zero-order valence-electron chi connectivity index (χ0n) is 18.3. The van der Waals surface area contributed by atoms with Crippen molar-refractivity contribution in [1.82, 2.24) is 15.1 Å². The highest BCUT2D eigenvalue weighted by Crippen LogP contribution is 2.32. The van der Waals surface area contributed by atoms with Crippen molar-refractivity contribution in [2.45, 2.75) is 32.1 Å². The number of benzene rings is 1. The van der Waals surface area contributed by atoms with Gasteiger partial charge in [0.25, 0.3) is 0 Å². The molecule has 1 aromatic heterocycles. The van der Waals surface area contributed by atoms with E-state index in [1.54, 1.807) is 0 Å². The molecule has 4 rings (SSSR count). The molecular weight excluding hydrogens is 394 g/mol. The Morgan fingerprint density at radius 1 is 1.26 bits per heavy atom. The zero-order chi connectivity index (χ0) is 21.3. The third-order valence-electron chi connectivity index (χ3n) is 5.24. The Bertz CT molecular complexity index is 863. The number of nitrogens with one attached hydrogen (secondary N) is 2. The van der Waals surface area contributed by atoms with Gasteiger partial charge in [-0.1, -0.05) is 0 Å². The molecule has 2 heterocycles. The summed E-state index contributed by atoms with van der Waals surface area (Å²) in [5, 5.41) is 11.1. The van der Waals surface area contributed by atoms with Crippen molar-refractivity contribution in [3.8, 4) is 11.5 Å². The standard InChI is InChI=1S/C23H33N5O3/c1-28-16-19(15-26-28)8-10-25-23(24-9-2-11-29-17-18-4-5-18)27-20-6-7-21-22(14-20)31-13-3-12-30-21/h6-7,14-16,18H,2-5,8-13,17H2,1H3,(H2,24,25,27). The van der Waals surface area contributed by atoms with Crippen molar-refractivity contribution in [1.29, 1.82) is 0 Å². The molecular formula is C23H33N5O3. The molecule has 1 aliphatic carbocycles. The maximum Gasteiger partial charge on any atom is 0.195 e. The Morgan fingerprint density at radius 3 is 2.94 bits per heavy atom. The lowest BCUT2D eigenvalue weighted by Gasteiger charge is -2.14. The first-order chi connectivity index (χ1) is 15.3. The number of nitrogens with zero attached hydrogens (tertiary/aromatic N) is 3. The summed E-state index contributed by atoms with van der Waals surface area (Å²) in [6.07, 6.45) is 9.25. The summed E-state index contributed by atoms with van der Waals surface area (Å²) in [7, 11) is 1.93. The maximum atomic E-state index is 5.81. The van der Waals surface area contributed by atoms with E-state index in [1.807, 2.05) is 42.3 Å². The van der Waals surface area contributed by atoms with Crippen molar-refractivity contribution < 1.29 is 14.2 Å². The van der Waals surface area contributed by atoms with Gasteiger partial charge in [-0.2, -0.15) is 5.10 Å². The fourth-order valence-electron chi connectivity index (χ4n) is 3.34. The van der Waals surface area contributed by atoms with E-state index < -0.39 is 0 Å². The van der Waals surface area contributed by atoms with E-state index in [1.165, 1.54) is 18.4 Å². The molecule has 8 heteroatoms. The van der Waals surface area contributed by atoms with Crippen LogP contribution in [0.5, 0.6) is 11.5 Å². The van der Waals surface area contributed by atoms with Gasteiger partial charge in [-0.3, -0.25) is 9.67 Å². The predicted octanol–water partition coefficient (Wildman–Crippen LogP) is 3.00. The van der Waals surface area contributed by atoms with E-state index in [0.717, 1.165) is 68.1 Å². The number of rotatable bonds is 10. The Hall–Kier alpha value is -2.74. The highest BCUT2D eigenvalue weighted by Gasteiger charge is 2.20. The summed E-state index contributed by atoms with van der Waals surface area (Å²) >= 11 is 0. The van der Waals surface area contributed by atoms with E-state index in [4.69, 9.17) is 19.2 Å². The number of anilines is 1. The predicted molar refractivity (Wildman–Crippen MR) is 121 cm³/mol. The molecule has 0 atom stereocenters. The van der Waals surface area contributed by atoms with Crippen LogP contribution < -0.4 is 20.1 Å². The summed E-state index contributed by atoms with van der Waals surface area (Å²) in [4.78, 5) is 4.74. The molecule has 0 radical (unpaired) electrons. The molecule has 1 fully saturated rings. The molecule has 31 heavy (non-hydrogen) atoms. The molecule has 0 unspecified atom stereocenters. The third kappa shape index (κ3) is 7.17. The Balaban J connectivity index is 1.32. The second kappa shape index (κ2) is 11.0. The average Bonchev–Trinajstić information content (AvgIpc) is 3.54. The lowest BCUT2D eigenvalue weighted by atomic mass is 10.2. The van der Waals surface area contributed by atoms with Gasteiger partial charge in [0.2, 0.25) is 0 Å². The van der Waals surface area contributed by atoms with Gasteiger partial charge in [-0.25, -0.2) is 0 Å². The van der Waals surface area contributed by atoms with Crippen LogP contribution in [0.3, 0.4) is 0 Å². The number of fused-ring (bicyclic) bond motifs is 1. The lowest BCUT2D eigenvalue weighted by Crippen LogP contribution is -2.32. The summed E-state index contributed by atoms with van der Waals surface area (Å²) in [5.41, 5.74) is 2.11. The number of aryl methyl sites for hydroxylation is 1. The second-order valence-electron chi connectivity index (χ2n) is 8.14. The minimum Gasteiger partial charge on any atom is -0.490 e. The molecule has 1 saturated carbocycles. The fraction of sp³-hybridized carbons (Fsp3) is 0.565. The van der Waals surface area contributed by atoms with Crippen LogP contribution in [0.15, 0.2) is 35.6 Å². The number of aliphatic imine (C=N–C) groups is 1. The van der Waals surface area contributed by atoms with Crippen LogP contribution in [0.1, 0.15) is 31.2 Å². The Kier molecular flexibility index (Phi) is 7.65. The summed E-state index contributed by atoms with van der Waals surface area (Å²) < 4.78 is 19.1. The SMILES string of the molecule is Cn1cc(CCNC(=NCCCOCC2CC2)Nc2ccc3c(c2)OCCCO3)cn1. The smallest absolute Gasteiger partial charge is 0.195 e. The minimum atomic E-state index is 0.668. The largest absolute Gasteiger partial charge is 0.490 e. The lowest BCUT2D eigenvalue weighted by molar-refractivity contribution is 0.123. The van der Waals surface area contributed by atoms with Crippen LogP contribution in [0, 0.1) is 5.92 Å². The Labute approximate surface area is 184 Å². The highest BCUT2D eigenvalue weighted by molar-refractivity contribution is 5.94. The van der Waals surface area contributed by atoms with E-state index in [2.05, 4.69) is 15.7 Å². The second-order valence-corrected chi connectivity index (χ2v) is 8.14. The van der Waals surface area contributed by atoms with Gasteiger partial charge in [-0.05, 0) is 49.3 Å². The van der Waals surface area contributed by atoms with Crippen LogP contribution in [0.25, 0.3) is 0 Å². The molecule has 168 valence electrons. The molecule has 2 aliphatic rings. The molecule has 1 aliphatic heterocycles. The van der Waals surface area contributed by atoms with Crippen LogP contribution in [-0.4, -0.2) is 55.3 Å². The van der Waals surface area contributed by atoms with Crippen molar-refractivity contribution in [2.24, 2.45) is 18.0 Å². The molecule has 8 nitrogen and oxygen atoms in total. The number of aromatic nitrogens is 2. The number of guanidine groups is 1. The number of hydrogen-bond acceptors (Lipinski definition) is 5. The van der Waals surface area contributed by atoms with Gasteiger partial charge in [-0.15, -0.1) is 0 Å². The van der Waals surface area contributed by atoms with E-state index in [-0.39, 0.29) is 0 Å². The average molecular weight is 428 g/mol. The van der Waals surface area contributed by atoms with Gasteiger partial charge in [0.1, 0.15) is 0 Å². The molecule has 1 aromatic carbocycles. The third-order valence-corrected chi connectivity index (χ3v) is 5.24. The minimum absolute atomic E-state index is 0.668. The molecule has 0 spiro atoms. The number of ether oxygens (including phenoxy) is 3. The molecule has 0 amide bonds. The fourth-order valence-corrected chi connectivity index (χ4v) is 3.34. The Morgan fingerprint density at radius 2 is 2.13 bits per heavy atom. The van der Waals surface area contributed by atoms with Gasteiger partial charge >= 0.3 is 0 Å². The molecule has 0 bridgehead atoms. The normalized spacial score (nSPS) is 16.1. The van der Waals surface area contributed by atoms with E-state index >= 15 is 0 Å². The highest BCUT2D eigenvalue weighted by atomic mass is 16.5. The van der Waals surface area contributed by atoms with Crippen LogP contribution >= 0.6 is 0 Å². The van der Waals surface area contributed by atoms with Crippen molar-refractivity contribution >= 4 is 11.6 Å². The van der Waals surface area contributed by atoms with Gasteiger partial charge < -0.3 is 24.8 Å². The van der Waals surface area contributed by atoms with Crippen LogP contribution in [0.4, 0.5) is 5.69 Å². The maximum absolute atomic E-state index is 5.81. The van der Waals surface area contributed by atoms with E-state index in [9.17, 15) is 0 Å².